The summed E-state index contributed by atoms with van der Waals surface area (Å²) < 4.78 is 20.4. The monoisotopic (exact) mass is 381 g/mol. The highest BCUT2D eigenvalue weighted by molar-refractivity contribution is 5.51. The van der Waals surface area contributed by atoms with Gasteiger partial charge in [-0.25, -0.2) is 13.9 Å². The number of hydrogen-bond acceptors (Lipinski definition) is 5. The molecule has 2 aliphatic heterocycles. The Morgan fingerprint density at radius 3 is 2.68 bits per heavy atom. The van der Waals surface area contributed by atoms with Crippen molar-refractivity contribution in [1.82, 2.24) is 19.5 Å². The molecule has 146 valence electrons. The van der Waals surface area contributed by atoms with Gasteiger partial charge in [0, 0.05) is 32.1 Å². The average molecular weight is 381 g/mol. The molecule has 0 spiro atoms. The Morgan fingerprint density at radius 2 is 1.86 bits per heavy atom. The lowest BCUT2D eigenvalue weighted by molar-refractivity contribution is 0.122. The molecule has 2 aliphatic rings. The van der Waals surface area contributed by atoms with E-state index in [1.54, 1.807) is 0 Å². The maximum absolute atomic E-state index is 13.1. The van der Waals surface area contributed by atoms with E-state index in [0.717, 1.165) is 75.1 Å². The van der Waals surface area contributed by atoms with Crippen LogP contribution in [0.5, 0.6) is 0 Å². The molecule has 0 amide bonds. The predicted octanol–water partition coefficient (Wildman–Crippen LogP) is 2.69. The van der Waals surface area contributed by atoms with Gasteiger partial charge in [-0.15, -0.1) is 0 Å². The fourth-order valence-electron chi connectivity index (χ4n) is 4.11. The van der Waals surface area contributed by atoms with Gasteiger partial charge in [0.15, 0.2) is 11.5 Å². The zero-order valence-electron chi connectivity index (χ0n) is 15.8. The van der Waals surface area contributed by atoms with Gasteiger partial charge in [0.1, 0.15) is 5.82 Å². The van der Waals surface area contributed by atoms with Crippen LogP contribution in [0.3, 0.4) is 0 Å². The van der Waals surface area contributed by atoms with Gasteiger partial charge in [-0.1, -0.05) is 12.1 Å². The minimum atomic E-state index is -0.187. The number of morpholine rings is 1. The summed E-state index contributed by atoms with van der Waals surface area (Å²) in [5.41, 5.74) is 3.20. The van der Waals surface area contributed by atoms with Gasteiger partial charge in [-0.2, -0.15) is 5.10 Å². The molecule has 2 aromatic heterocycles. The Hall–Kier alpha value is -2.51. The summed E-state index contributed by atoms with van der Waals surface area (Å²) in [5, 5.41) is 4.77. The molecule has 0 saturated carbocycles. The summed E-state index contributed by atoms with van der Waals surface area (Å²) in [6.45, 7) is 6.15. The SMILES string of the molecule is Fc1ccc(CN2CC[C@@H](c3nc4ccc(N5CCOCC5)cn4n3)C2)cc1. The fourth-order valence-corrected chi connectivity index (χ4v) is 4.11. The number of anilines is 1. The normalized spacial score (nSPS) is 20.9. The maximum atomic E-state index is 13.1. The van der Waals surface area contributed by atoms with Crippen molar-refractivity contribution in [2.75, 3.05) is 44.3 Å². The molecule has 3 aromatic rings. The molecule has 2 saturated heterocycles. The summed E-state index contributed by atoms with van der Waals surface area (Å²) in [6.07, 6.45) is 3.12. The van der Waals surface area contributed by atoms with Crippen molar-refractivity contribution in [2.45, 2.75) is 18.9 Å². The molecule has 7 heteroatoms. The number of nitrogens with zero attached hydrogens (tertiary/aromatic N) is 5. The first-order valence-corrected chi connectivity index (χ1v) is 9.90. The third kappa shape index (κ3) is 3.59. The second-order valence-electron chi connectivity index (χ2n) is 7.61. The molecule has 1 atom stereocenters. The third-order valence-corrected chi connectivity index (χ3v) is 5.66. The molecule has 28 heavy (non-hydrogen) atoms. The molecule has 6 nitrogen and oxygen atoms in total. The molecule has 0 radical (unpaired) electrons. The number of rotatable bonds is 4. The summed E-state index contributed by atoms with van der Waals surface area (Å²) in [4.78, 5) is 9.48. The van der Waals surface area contributed by atoms with E-state index < -0.39 is 0 Å². The van der Waals surface area contributed by atoms with Gasteiger partial charge < -0.3 is 9.64 Å². The quantitative estimate of drug-likeness (QED) is 0.695. The van der Waals surface area contributed by atoms with Crippen molar-refractivity contribution < 1.29 is 9.13 Å². The molecule has 5 rings (SSSR count). The highest BCUT2D eigenvalue weighted by atomic mass is 19.1. The van der Waals surface area contributed by atoms with Crippen molar-refractivity contribution in [3.8, 4) is 0 Å². The van der Waals surface area contributed by atoms with Gasteiger partial charge in [0.2, 0.25) is 0 Å². The molecular formula is C21H24FN5O. The smallest absolute Gasteiger partial charge is 0.156 e. The molecule has 0 aliphatic carbocycles. The Balaban J connectivity index is 1.28. The minimum absolute atomic E-state index is 0.187. The van der Waals surface area contributed by atoms with Crippen LogP contribution in [0.1, 0.15) is 23.7 Å². The van der Waals surface area contributed by atoms with Gasteiger partial charge in [0.25, 0.3) is 0 Å². The third-order valence-electron chi connectivity index (χ3n) is 5.66. The second-order valence-corrected chi connectivity index (χ2v) is 7.61. The first kappa shape index (κ1) is 17.6. The van der Waals surface area contributed by atoms with E-state index >= 15 is 0 Å². The molecule has 1 aromatic carbocycles. The number of pyridine rings is 1. The van der Waals surface area contributed by atoms with E-state index in [1.165, 1.54) is 12.1 Å². The highest BCUT2D eigenvalue weighted by Crippen LogP contribution is 2.27. The predicted molar refractivity (Wildman–Crippen MR) is 105 cm³/mol. The topological polar surface area (TPSA) is 45.9 Å². The average Bonchev–Trinajstić information content (AvgIpc) is 3.36. The number of aromatic nitrogens is 3. The van der Waals surface area contributed by atoms with Crippen molar-refractivity contribution >= 4 is 11.3 Å². The Morgan fingerprint density at radius 1 is 1.04 bits per heavy atom. The van der Waals surface area contributed by atoms with Crippen LogP contribution >= 0.6 is 0 Å². The van der Waals surface area contributed by atoms with Gasteiger partial charge >= 0.3 is 0 Å². The highest BCUT2D eigenvalue weighted by Gasteiger charge is 2.27. The zero-order valence-corrected chi connectivity index (χ0v) is 15.8. The summed E-state index contributed by atoms with van der Waals surface area (Å²) in [7, 11) is 0. The molecule has 0 bridgehead atoms. The molecule has 4 heterocycles. The molecule has 0 N–H and O–H groups in total. The second kappa shape index (κ2) is 7.48. The van der Waals surface area contributed by atoms with Crippen LogP contribution in [0, 0.1) is 5.82 Å². The number of hydrogen-bond donors (Lipinski definition) is 0. The lowest BCUT2D eigenvalue weighted by atomic mass is 10.1. The van der Waals surface area contributed by atoms with E-state index in [-0.39, 0.29) is 5.82 Å². The van der Waals surface area contributed by atoms with E-state index in [4.69, 9.17) is 14.8 Å². The van der Waals surface area contributed by atoms with Crippen molar-refractivity contribution in [2.24, 2.45) is 0 Å². The molecule has 2 fully saturated rings. The van der Waals surface area contributed by atoms with Crippen LogP contribution in [0.15, 0.2) is 42.6 Å². The van der Waals surface area contributed by atoms with Crippen LogP contribution < -0.4 is 4.90 Å². The van der Waals surface area contributed by atoms with Crippen LogP contribution in [0.2, 0.25) is 0 Å². The van der Waals surface area contributed by atoms with Gasteiger partial charge in [0.05, 0.1) is 25.1 Å². The van der Waals surface area contributed by atoms with Crippen LogP contribution in [0.4, 0.5) is 10.1 Å². The first-order chi connectivity index (χ1) is 13.7. The summed E-state index contributed by atoms with van der Waals surface area (Å²) in [5.74, 6) is 1.07. The first-order valence-electron chi connectivity index (χ1n) is 9.90. The largest absolute Gasteiger partial charge is 0.378 e. The van der Waals surface area contributed by atoms with E-state index in [9.17, 15) is 4.39 Å². The van der Waals surface area contributed by atoms with E-state index in [2.05, 4.69) is 22.1 Å². The fraction of sp³-hybridized carbons (Fsp3) is 0.429. The number of benzene rings is 1. The summed E-state index contributed by atoms with van der Waals surface area (Å²) >= 11 is 0. The number of ether oxygens (including phenoxy) is 1. The zero-order chi connectivity index (χ0) is 18.9. The van der Waals surface area contributed by atoms with Crippen LogP contribution in [0.25, 0.3) is 5.65 Å². The minimum Gasteiger partial charge on any atom is -0.378 e. The molecule has 0 unspecified atom stereocenters. The Bertz CT molecular complexity index is 951. The number of fused-ring (bicyclic) bond motifs is 1. The lowest BCUT2D eigenvalue weighted by Crippen LogP contribution is -2.36. The lowest BCUT2D eigenvalue weighted by Gasteiger charge is -2.28. The van der Waals surface area contributed by atoms with Crippen molar-refractivity contribution in [1.29, 1.82) is 0 Å². The number of halogens is 1. The molecular weight excluding hydrogens is 357 g/mol. The summed E-state index contributed by atoms with van der Waals surface area (Å²) in [6, 6.07) is 10.9. The van der Waals surface area contributed by atoms with Crippen molar-refractivity contribution in [3.05, 3.63) is 59.8 Å². The number of likely N-dealkylation sites (tertiary alicyclic amines) is 1. The van der Waals surface area contributed by atoms with E-state index in [0.29, 0.717) is 5.92 Å². The van der Waals surface area contributed by atoms with Crippen LogP contribution in [-0.4, -0.2) is 58.9 Å². The standard InChI is InChI=1S/C21H24FN5O/c22-18-3-1-16(2-4-18)13-25-8-7-17(14-25)21-23-20-6-5-19(15-27(20)24-21)26-9-11-28-12-10-26/h1-6,15,17H,7-14H2/t17-/m1/s1. The van der Waals surface area contributed by atoms with Gasteiger partial charge in [-0.05, 0) is 42.8 Å². The Kier molecular flexibility index (Phi) is 4.70. The van der Waals surface area contributed by atoms with Crippen LogP contribution in [-0.2, 0) is 11.3 Å². The van der Waals surface area contributed by atoms with Crippen molar-refractivity contribution in [3.63, 3.8) is 0 Å². The van der Waals surface area contributed by atoms with Gasteiger partial charge in [-0.3, -0.25) is 4.90 Å². The maximum Gasteiger partial charge on any atom is 0.156 e. The van der Waals surface area contributed by atoms with E-state index in [1.807, 2.05) is 22.7 Å². The Labute approximate surface area is 163 Å².